The largest absolute Gasteiger partial charge is 0.443 e. The van der Waals surface area contributed by atoms with Crippen molar-refractivity contribution in [3.05, 3.63) is 11.9 Å². The van der Waals surface area contributed by atoms with Crippen LogP contribution in [-0.4, -0.2) is 33.2 Å². The Morgan fingerprint density at radius 3 is 2.67 bits per heavy atom. The topological polar surface area (TPSA) is 99.2 Å². The molecule has 1 aliphatic carbocycles. The van der Waals surface area contributed by atoms with Gasteiger partial charge in [0, 0.05) is 18.7 Å². The first-order chi connectivity index (χ1) is 11.2. The van der Waals surface area contributed by atoms with Gasteiger partial charge >= 0.3 is 6.09 Å². The van der Waals surface area contributed by atoms with Crippen molar-refractivity contribution in [3.63, 3.8) is 0 Å². The molecule has 7 heteroatoms. The Balaban J connectivity index is 1.80. The van der Waals surface area contributed by atoms with Crippen LogP contribution in [-0.2, 0) is 16.0 Å². The lowest BCUT2D eigenvalue weighted by Crippen LogP contribution is -2.32. The van der Waals surface area contributed by atoms with E-state index in [0.29, 0.717) is 31.0 Å². The number of hydrogen-bond acceptors (Lipinski definition) is 5. The number of amides is 1. The maximum atomic E-state index is 12.0. The molecule has 0 bridgehead atoms. The van der Waals surface area contributed by atoms with Crippen LogP contribution < -0.4 is 11.1 Å². The van der Waals surface area contributed by atoms with E-state index in [2.05, 4.69) is 10.3 Å². The standard InChI is InChI=1S/C17H28N4O3/c1-17(2,3)24-16(23)21-11-13(20-15(21)18)9-6-10-14(22)19-12-7-4-5-8-12/h11-12H,4-10H2,1-3H3,(H2,18,20)(H,19,22). The smallest absolute Gasteiger partial charge is 0.421 e. The summed E-state index contributed by atoms with van der Waals surface area (Å²) >= 11 is 0. The lowest BCUT2D eigenvalue weighted by molar-refractivity contribution is -0.121. The summed E-state index contributed by atoms with van der Waals surface area (Å²) in [4.78, 5) is 28.1. The highest BCUT2D eigenvalue weighted by molar-refractivity contribution is 5.76. The third kappa shape index (κ3) is 5.54. The van der Waals surface area contributed by atoms with Crippen LogP contribution >= 0.6 is 0 Å². The van der Waals surface area contributed by atoms with E-state index in [1.54, 1.807) is 27.0 Å². The number of nitrogen functional groups attached to an aromatic ring is 1. The predicted molar refractivity (Wildman–Crippen MR) is 91.6 cm³/mol. The fraction of sp³-hybridized carbons (Fsp3) is 0.706. The Kier molecular flexibility index (Phi) is 5.85. The van der Waals surface area contributed by atoms with Crippen molar-refractivity contribution < 1.29 is 14.3 Å². The van der Waals surface area contributed by atoms with Gasteiger partial charge in [0.15, 0.2) is 0 Å². The van der Waals surface area contributed by atoms with E-state index >= 15 is 0 Å². The van der Waals surface area contributed by atoms with E-state index < -0.39 is 11.7 Å². The SMILES string of the molecule is CC(C)(C)OC(=O)n1cc(CCCC(=O)NC2CCCC2)nc1N. The number of anilines is 1. The Morgan fingerprint density at radius 1 is 1.38 bits per heavy atom. The summed E-state index contributed by atoms with van der Waals surface area (Å²) < 4.78 is 6.48. The van der Waals surface area contributed by atoms with Crippen LogP contribution in [0.4, 0.5) is 10.7 Å². The second-order valence-corrected chi connectivity index (χ2v) is 7.34. The maximum Gasteiger partial charge on any atom is 0.421 e. The van der Waals surface area contributed by atoms with Gasteiger partial charge in [-0.1, -0.05) is 12.8 Å². The lowest BCUT2D eigenvalue weighted by Gasteiger charge is -2.19. The van der Waals surface area contributed by atoms with Gasteiger partial charge in [-0.2, -0.15) is 0 Å². The number of nitrogens with one attached hydrogen (secondary N) is 1. The van der Waals surface area contributed by atoms with Crippen LogP contribution in [0, 0.1) is 0 Å². The molecule has 1 amide bonds. The van der Waals surface area contributed by atoms with Gasteiger partial charge in [-0.05, 0) is 46.5 Å². The van der Waals surface area contributed by atoms with Crippen molar-refractivity contribution in [2.45, 2.75) is 77.4 Å². The van der Waals surface area contributed by atoms with E-state index in [0.717, 1.165) is 12.8 Å². The number of ether oxygens (including phenoxy) is 1. The average Bonchev–Trinajstić information content (AvgIpc) is 3.06. The Morgan fingerprint density at radius 2 is 2.04 bits per heavy atom. The first kappa shape index (κ1) is 18.3. The monoisotopic (exact) mass is 336 g/mol. The fourth-order valence-electron chi connectivity index (χ4n) is 2.82. The van der Waals surface area contributed by atoms with Crippen LogP contribution in [0.1, 0.15) is 65.0 Å². The molecule has 0 atom stereocenters. The Hall–Kier alpha value is -2.05. The number of nitrogens with zero attached hydrogens (tertiary/aromatic N) is 2. The van der Waals surface area contributed by atoms with E-state index in [4.69, 9.17) is 10.5 Å². The molecule has 2 rings (SSSR count). The van der Waals surface area contributed by atoms with Gasteiger partial charge < -0.3 is 15.8 Å². The number of nitrogens with two attached hydrogens (primary N) is 1. The molecule has 1 heterocycles. The average molecular weight is 336 g/mol. The van der Waals surface area contributed by atoms with E-state index in [1.165, 1.54) is 17.4 Å². The number of hydrogen-bond donors (Lipinski definition) is 2. The highest BCUT2D eigenvalue weighted by Crippen LogP contribution is 2.18. The molecule has 3 N–H and O–H groups in total. The minimum atomic E-state index is -0.591. The normalized spacial score (nSPS) is 15.5. The number of carbonyl (C=O) groups excluding carboxylic acids is 2. The first-order valence-electron chi connectivity index (χ1n) is 8.61. The number of carbonyl (C=O) groups is 2. The summed E-state index contributed by atoms with van der Waals surface area (Å²) in [5.41, 5.74) is 5.87. The molecule has 0 spiro atoms. The van der Waals surface area contributed by atoms with Crippen molar-refractivity contribution in [1.82, 2.24) is 14.9 Å². The summed E-state index contributed by atoms with van der Waals surface area (Å²) in [5, 5.41) is 3.06. The molecule has 1 fully saturated rings. The van der Waals surface area contributed by atoms with Gasteiger partial charge in [0.2, 0.25) is 11.9 Å². The zero-order valence-corrected chi connectivity index (χ0v) is 14.8. The van der Waals surface area contributed by atoms with Gasteiger partial charge in [-0.25, -0.2) is 14.3 Å². The lowest BCUT2D eigenvalue weighted by atomic mass is 10.2. The molecule has 1 aliphatic rings. The summed E-state index contributed by atoms with van der Waals surface area (Å²) in [6, 6.07) is 0.347. The molecule has 134 valence electrons. The summed E-state index contributed by atoms with van der Waals surface area (Å²) in [6.07, 6.45) is 7.33. The minimum absolute atomic E-state index is 0.0847. The third-order valence-corrected chi connectivity index (χ3v) is 3.93. The highest BCUT2D eigenvalue weighted by atomic mass is 16.6. The molecule has 0 saturated heterocycles. The highest BCUT2D eigenvalue weighted by Gasteiger charge is 2.20. The van der Waals surface area contributed by atoms with Gasteiger partial charge in [0.05, 0.1) is 5.69 Å². The van der Waals surface area contributed by atoms with Crippen LogP contribution in [0.15, 0.2) is 6.20 Å². The van der Waals surface area contributed by atoms with E-state index in [9.17, 15) is 9.59 Å². The summed E-state index contributed by atoms with van der Waals surface area (Å²) in [6.45, 7) is 5.38. The molecule has 0 radical (unpaired) electrons. The number of rotatable bonds is 5. The molecule has 0 unspecified atom stereocenters. The van der Waals surface area contributed by atoms with Gasteiger partial charge in [0.25, 0.3) is 0 Å². The molecular formula is C17H28N4O3. The van der Waals surface area contributed by atoms with Crippen molar-refractivity contribution in [3.8, 4) is 0 Å². The first-order valence-corrected chi connectivity index (χ1v) is 8.61. The van der Waals surface area contributed by atoms with Gasteiger partial charge in [0.1, 0.15) is 5.60 Å². The Labute approximate surface area is 142 Å². The molecule has 0 aromatic carbocycles. The van der Waals surface area contributed by atoms with Crippen molar-refractivity contribution in [1.29, 1.82) is 0 Å². The molecule has 24 heavy (non-hydrogen) atoms. The predicted octanol–water partition coefficient (Wildman–Crippen LogP) is 2.63. The van der Waals surface area contributed by atoms with Crippen LogP contribution in [0.3, 0.4) is 0 Å². The molecule has 1 aromatic heterocycles. The number of aryl methyl sites for hydroxylation is 1. The van der Waals surface area contributed by atoms with Gasteiger partial charge in [-0.3, -0.25) is 4.79 Å². The molecule has 7 nitrogen and oxygen atoms in total. The zero-order valence-electron chi connectivity index (χ0n) is 14.8. The van der Waals surface area contributed by atoms with Crippen LogP contribution in [0.2, 0.25) is 0 Å². The molecule has 1 aromatic rings. The zero-order chi connectivity index (χ0) is 17.7. The van der Waals surface area contributed by atoms with Gasteiger partial charge in [-0.15, -0.1) is 0 Å². The molecule has 1 saturated carbocycles. The second kappa shape index (κ2) is 7.68. The summed E-state index contributed by atoms with van der Waals surface area (Å²) in [5.74, 6) is 0.191. The second-order valence-electron chi connectivity index (χ2n) is 7.34. The molecule has 0 aliphatic heterocycles. The van der Waals surface area contributed by atoms with Crippen molar-refractivity contribution in [2.75, 3.05) is 5.73 Å². The van der Waals surface area contributed by atoms with Crippen molar-refractivity contribution >= 4 is 17.9 Å². The van der Waals surface area contributed by atoms with Crippen molar-refractivity contribution in [2.24, 2.45) is 0 Å². The maximum absolute atomic E-state index is 12.0. The quantitative estimate of drug-likeness (QED) is 0.861. The Bertz CT molecular complexity index is 583. The van der Waals surface area contributed by atoms with E-state index in [1.807, 2.05) is 0 Å². The minimum Gasteiger partial charge on any atom is -0.443 e. The number of imidazole rings is 1. The van der Waals surface area contributed by atoms with Crippen LogP contribution in [0.5, 0.6) is 0 Å². The summed E-state index contributed by atoms with van der Waals surface area (Å²) in [7, 11) is 0. The third-order valence-electron chi connectivity index (χ3n) is 3.93. The molecular weight excluding hydrogens is 308 g/mol. The van der Waals surface area contributed by atoms with Crippen LogP contribution in [0.25, 0.3) is 0 Å². The number of aromatic nitrogens is 2. The fourth-order valence-corrected chi connectivity index (χ4v) is 2.82. The van der Waals surface area contributed by atoms with E-state index in [-0.39, 0.29) is 11.9 Å².